The highest BCUT2D eigenvalue weighted by molar-refractivity contribution is 7.86. The van der Waals surface area contributed by atoms with Gasteiger partial charge in [0.1, 0.15) is 0 Å². The zero-order valence-corrected chi connectivity index (χ0v) is 6.47. The van der Waals surface area contributed by atoms with Crippen LogP contribution in [0.4, 0.5) is 9.83 Å². The molecule has 0 atom stereocenters. The Morgan fingerprint density at radius 3 is 2.45 bits per heavy atom. The maximum Gasteiger partial charge on any atom is 0.349 e. The van der Waals surface area contributed by atoms with Crippen molar-refractivity contribution in [1.82, 2.24) is 9.55 Å². The van der Waals surface area contributed by atoms with Gasteiger partial charge >= 0.3 is 10.2 Å². The summed E-state index contributed by atoms with van der Waals surface area (Å²) in [5.74, 6) is -0.0405. The third-order valence-electron chi connectivity index (χ3n) is 1.23. The standard InChI is InChI=1S/C4H6FN3O2S/c1-8-3(11(5,9)10)2-7-4(8)6/h2H,1H3,(H2,6,7). The summed E-state index contributed by atoms with van der Waals surface area (Å²) in [4.78, 5) is 3.40. The molecule has 0 fully saturated rings. The molecule has 0 unspecified atom stereocenters. The van der Waals surface area contributed by atoms with Crippen molar-refractivity contribution in [2.24, 2.45) is 7.05 Å². The molecule has 1 rings (SSSR count). The van der Waals surface area contributed by atoms with Crippen molar-refractivity contribution in [3.63, 3.8) is 0 Å². The summed E-state index contributed by atoms with van der Waals surface area (Å²) in [6, 6.07) is 0. The molecule has 1 heterocycles. The average Bonchev–Trinajstić information content (AvgIpc) is 2.11. The van der Waals surface area contributed by atoms with Gasteiger partial charge < -0.3 is 10.3 Å². The summed E-state index contributed by atoms with van der Waals surface area (Å²) >= 11 is 0. The zero-order chi connectivity index (χ0) is 8.65. The zero-order valence-electron chi connectivity index (χ0n) is 5.65. The minimum atomic E-state index is -4.69. The van der Waals surface area contributed by atoms with Crippen LogP contribution >= 0.6 is 0 Å². The molecule has 0 aliphatic rings. The van der Waals surface area contributed by atoms with Crippen LogP contribution in [0.25, 0.3) is 0 Å². The summed E-state index contributed by atoms with van der Waals surface area (Å²) in [5.41, 5.74) is 5.16. The number of hydrogen-bond donors (Lipinski definition) is 1. The van der Waals surface area contributed by atoms with Crippen LogP contribution in [0.3, 0.4) is 0 Å². The van der Waals surface area contributed by atoms with Gasteiger partial charge in [0.25, 0.3) is 0 Å². The van der Waals surface area contributed by atoms with E-state index in [1.54, 1.807) is 0 Å². The summed E-state index contributed by atoms with van der Waals surface area (Å²) in [7, 11) is -3.38. The monoisotopic (exact) mass is 179 g/mol. The van der Waals surface area contributed by atoms with Crippen LogP contribution in [0.15, 0.2) is 11.2 Å². The van der Waals surface area contributed by atoms with Crippen LogP contribution in [0, 0.1) is 0 Å². The van der Waals surface area contributed by atoms with Crippen LogP contribution in [0.5, 0.6) is 0 Å². The molecule has 5 nitrogen and oxygen atoms in total. The lowest BCUT2D eigenvalue weighted by Crippen LogP contribution is -2.03. The first-order chi connectivity index (χ1) is 4.93. The van der Waals surface area contributed by atoms with Crippen molar-refractivity contribution in [2.45, 2.75) is 5.03 Å². The SMILES string of the molecule is Cn1c(S(=O)(=O)F)cnc1N. The number of nitrogens with two attached hydrogens (primary N) is 1. The van der Waals surface area contributed by atoms with Crippen LogP contribution in [0.1, 0.15) is 0 Å². The molecule has 11 heavy (non-hydrogen) atoms. The van der Waals surface area contributed by atoms with E-state index in [0.29, 0.717) is 0 Å². The van der Waals surface area contributed by atoms with Crippen LogP contribution < -0.4 is 5.73 Å². The van der Waals surface area contributed by atoms with Gasteiger partial charge in [-0.2, -0.15) is 8.42 Å². The van der Waals surface area contributed by atoms with Gasteiger partial charge in [0, 0.05) is 7.05 Å². The average molecular weight is 179 g/mol. The molecule has 62 valence electrons. The molecule has 0 aromatic carbocycles. The van der Waals surface area contributed by atoms with Gasteiger partial charge in [0.2, 0.25) is 5.95 Å². The number of halogens is 1. The molecule has 7 heteroatoms. The Labute approximate surface area is 62.9 Å². The molecule has 0 amide bonds. The van der Waals surface area contributed by atoms with E-state index >= 15 is 0 Å². The number of rotatable bonds is 1. The van der Waals surface area contributed by atoms with Gasteiger partial charge in [-0.25, -0.2) is 4.98 Å². The minimum Gasteiger partial charge on any atom is -0.369 e. The molecule has 0 saturated carbocycles. The molecule has 0 spiro atoms. The van der Waals surface area contributed by atoms with Crippen molar-refractivity contribution in [2.75, 3.05) is 5.73 Å². The Balaban J connectivity index is 3.38. The predicted molar refractivity (Wildman–Crippen MR) is 35.9 cm³/mol. The largest absolute Gasteiger partial charge is 0.369 e. The van der Waals surface area contributed by atoms with Crippen LogP contribution in [-0.4, -0.2) is 18.0 Å². The van der Waals surface area contributed by atoms with Gasteiger partial charge in [0.15, 0.2) is 5.03 Å². The Hall–Kier alpha value is -1.11. The molecule has 0 bridgehead atoms. The van der Waals surface area contributed by atoms with E-state index in [1.807, 2.05) is 0 Å². The molecular formula is C4H6FN3O2S. The molecule has 0 aliphatic carbocycles. The van der Waals surface area contributed by atoms with E-state index in [1.165, 1.54) is 7.05 Å². The van der Waals surface area contributed by atoms with Gasteiger partial charge in [-0.1, -0.05) is 3.89 Å². The Kier molecular flexibility index (Phi) is 1.59. The van der Waals surface area contributed by atoms with Gasteiger partial charge in [-0.15, -0.1) is 0 Å². The smallest absolute Gasteiger partial charge is 0.349 e. The molecule has 0 saturated heterocycles. The minimum absolute atomic E-state index is 0.0405. The Morgan fingerprint density at radius 2 is 2.27 bits per heavy atom. The van der Waals surface area contributed by atoms with E-state index in [2.05, 4.69) is 4.98 Å². The summed E-state index contributed by atoms with van der Waals surface area (Å²) in [5, 5.41) is -0.532. The van der Waals surface area contributed by atoms with Gasteiger partial charge in [0.05, 0.1) is 6.20 Å². The Morgan fingerprint density at radius 1 is 1.73 bits per heavy atom. The number of nitrogens with zero attached hydrogens (tertiary/aromatic N) is 2. The number of aromatic nitrogens is 2. The van der Waals surface area contributed by atoms with Crippen molar-refractivity contribution in [3.8, 4) is 0 Å². The van der Waals surface area contributed by atoms with Gasteiger partial charge in [-0.3, -0.25) is 0 Å². The topological polar surface area (TPSA) is 78.0 Å². The highest BCUT2D eigenvalue weighted by atomic mass is 32.3. The Bertz CT molecular complexity index is 369. The van der Waals surface area contributed by atoms with Crippen LogP contribution in [0.2, 0.25) is 0 Å². The van der Waals surface area contributed by atoms with Crippen molar-refractivity contribution < 1.29 is 12.3 Å². The van der Waals surface area contributed by atoms with Crippen molar-refractivity contribution in [3.05, 3.63) is 6.20 Å². The fourth-order valence-electron chi connectivity index (χ4n) is 0.634. The highest BCUT2D eigenvalue weighted by Crippen LogP contribution is 2.12. The maximum atomic E-state index is 12.3. The second-order valence-corrected chi connectivity index (χ2v) is 3.25. The summed E-state index contributed by atoms with van der Waals surface area (Å²) < 4.78 is 33.8. The fraction of sp³-hybridized carbons (Fsp3) is 0.250. The number of nitrogen functional groups attached to an aromatic ring is 1. The van der Waals surface area contributed by atoms with Gasteiger partial charge in [-0.05, 0) is 0 Å². The van der Waals surface area contributed by atoms with Crippen LogP contribution in [-0.2, 0) is 17.3 Å². The second kappa shape index (κ2) is 2.19. The first kappa shape index (κ1) is 7.99. The fourth-order valence-corrected chi connectivity index (χ4v) is 1.23. The lowest BCUT2D eigenvalue weighted by atomic mass is 10.9. The van der Waals surface area contributed by atoms with E-state index in [-0.39, 0.29) is 5.95 Å². The highest BCUT2D eigenvalue weighted by Gasteiger charge is 2.17. The van der Waals surface area contributed by atoms with Crippen molar-refractivity contribution in [1.29, 1.82) is 0 Å². The molecule has 2 N–H and O–H groups in total. The molecule has 0 aliphatic heterocycles. The van der Waals surface area contributed by atoms with E-state index < -0.39 is 15.2 Å². The lowest BCUT2D eigenvalue weighted by Gasteiger charge is -1.95. The molecular weight excluding hydrogens is 173 g/mol. The van der Waals surface area contributed by atoms with E-state index in [4.69, 9.17) is 5.73 Å². The predicted octanol–water partition coefficient (Wildman–Crippen LogP) is -0.339. The quantitative estimate of drug-likeness (QED) is 0.598. The molecule has 1 aromatic heterocycles. The molecule has 1 aromatic rings. The summed E-state index contributed by atoms with van der Waals surface area (Å²) in [6.07, 6.45) is 0.866. The number of imidazole rings is 1. The van der Waals surface area contributed by atoms with E-state index in [9.17, 15) is 12.3 Å². The third kappa shape index (κ3) is 1.32. The first-order valence-electron chi connectivity index (χ1n) is 2.65. The number of hydrogen-bond acceptors (Lipinski definition) is 4. The maximum absolute atomic E-state index is 12.3. The second-order valence-electron chi connectivity index (χ2n) is 1.95. The van der Waals surface area contributed by atoms with Crippen molar-refractivity contribution >= 4 is 16.2 Å². The van der Waals surface area contributed by atoms with E-state index in [0.717, 1.165) is 10.8 Å². The summed E-state index contributed by atoms with van der Waals surface area (Å²) in [6.45, 7) is 0. The molecule has 0 radical (unpaired) electrons. The first-order valence-corrected chi connectivity index (χ1v) is 4.03. The number of anilines is 1. The lowest BCUT2D eigenvalue weighted by molar-refractivity contribution is 0.542. The third-order valence-corrected chi connectivity index (χ3v) is 2.11. The normalized spacial score (nSPS) is 11.8.